The molecule has 2 rings (SSSR count). The molecule has 1 fully saturated rings. The molecule has 1 aliphatic rings. The Morgan fingerprint density at radius 1 is 1.22 bits per heavy atom. The third-order valence-corrected chi connectivity index (χ3v) is 3.79. The van der Waals surface area contributed by atoms with E-state index in [4.69, 9.17) is 4.74 Å². The van der Waals surface area contributed by atoms with Crippen LogP contribution in [0.5, 0.6) is 0 Å². The van der Waals surface area contributed by atoms with Crippen LogP contribution in [0.1, 0.15) is 51.6 Å². The first-order valence-corrected chi connectivity index (χ1v) is 8.18. The summed E-state index contributed by atoms with van der Waals surface area (Å²) in [6.07, 6.45) is 2.52. The third kappa shape index (κ3) is 5.27. The van der Waals surface area contributed by atoms with E-state index >= 15 is 0 Å². The quantitative estimate of drug-likeness (QED) is 0.930. The molecule has 5 nitrogen and oxygen atoms in total. The van der Waals surface area contributed by atoms with E-state index in [9.17, 15) is 9.59 Å². The van der Waals surface area contributed by atoms with Crippen molar-refractivity contribution < 1.29 is 14.3 Å². The Kier molecular flexibility index (Phi) is 5.64. The number of carbonyl (C=O) groups is 2. The average molecular weight is 318 g/mol. The number of likely N-dealkylation sites (tertiary alicyclic amines) is 1. The lowest BCUT2D eigenvalue weighted by Gasteiger charge is -2.36. The summed E-state index contributed by atoms with van der Waals surface area (Å²) in [5.74, 6) is -0.0654. The van der Waals surface area contributed by atoms with Gasteiger partial charge in [-0.3, -0.25) is 4.79 Å². The zero-order valence-electron chi connectivity index (χ0n) is 14.2. The van der Waals surface area contributed by atoms with Gasteiger partial charge in [-0.2, -0.15) is 0 Å². The van der Waals surface area contributed by atoms with Crippen molar-refractivity contribution in [1.29, 1.82) is 0 Å². The van der Waals surface area contributed by atoms with Gasteiger partial charge in [0.1, 0.15) is 12.1 Å². The molecule has 2 amide bonds. The van der Waals surface area contributed by atoms with Crippen LogP contribution < -0.4 is 5.32 Å². The van der Waals surface area contributed by atoms with Gasteiger partial charge < -0.3 is 15.0 Å². The Hall–Kier alpha value is -2.04. The van der Waals surface area contributed by atoms with Crippen molar-refractivity contribution in [2.45, 2.75) is 51.7 Å². The van der Waals surface area contributed by atoms with Crippen molar-refractivity contribution in [3.05, 3.63) is 35.9 Å². The fraction of sp³-hybridized carbons (Fsp3) is 0.556. The largest absolute Gasteiger partial charge is 0.444 e. The highest BCUT2D eigenvalue weighted by atomic mass is 16.6. The normalized spacial score (nSPS) is 18.4. The fourth-order valence-electron chi connectivity index (χ4n) is 2.82. The van der Waals surface area contributed by atoms with Gasteiger partial charge in [0.15, 0.2) is 0 Å². The Labute approximate surface area is 138 Å². The van der Waals surface area contributed by atoms with Crippen molar-refractivity contribution in [2.75, 3.05) is 13.1 Å². The minimum atomic E-state index is -0.565. The maximum atomic E-state index is 12.5. The van der Waals surface area contributed by atoms with Crippen molar-refractivity contribution in [3.63, 3.8) is 0 Å². The molecule has 1 atom stereocenters. The molecule has 1 aromatic carbocycles. The number of piperidine rings is 1. The van der Waals surface area contributed by atoms with E-state index < -0.39 is 11.7 Å². The van der Waals surface area contributed by atoms with Crippen LogP contribution in [0.15, 0.2) is 30.3 Å². The fourth-order valence-corrected chi connectivity index (χ4v) is 2.82. The molecule has 0 aliphatic carbocycles. The molecule has 0 spiro atoms. The number of alkyl carbamates (subject to hydrolysis) is 1. The van der Waals surface area contributed by atoms with Crippen molar-refractivity contribution >= 4 is 12.0 Å². The van der Waals surface area contributed by atoms with Crippen LogP contribution in [0, 0.1) is 0 Å². The van der Waals surface area contributed by atoms with Crippen LogP contribution in [-0.2, 0) is 9.53 Å². The van der Waals surface area contributed by atoms with Crippen LogP contribution >= 0.6 is 0 Å². The van der Waals surface area contributed by atoms with E-state index in [1.165, 1.54) is 0 Å². The average Bonchev–Trinajstić information content (AvgIpc) is 2.52. The lowest BCUT2D eigenvalue weighted by molar-refractivity contribution is -0.134. The third-order valence-electron chi connectivity index (χ3n) is 3.79. The first-order valence-electron chi connectivity index (χ1n) is 8.18. The molecular weight excluding hydrogens is 292 g/mol. The van der Waals surface area contributed by atoms with Gasteiger partial charge in [-0.25, -0.2) is 4.79 Å². The maximum Gasteiger partial charge on any atom is 0.408 e. The molecular formula is C18H26N2O3. The monoisotopic (exact) mass is 318 g/mol. The summed E-state index contributed by atoms with van der Waals surface area (Å²) in [6, 6.07) is 10.2. The molecule has 126 valence electrons. The number of nitrogens with one attached hydrogen (secondary N) is 1. The second kappa shape index (κ2) is 7.49. The molecule has 0 bridgehead atoms. The smallest absolute Gasteiger partial charge is 0.408 e. The van der Waals surface area contributed by atoms with Gasteiger partial charge >= 0.3 is 6.09 Å². The Morgan fingerprint density at radius 2 is 1.91 bits per heavy atom. The second-order valence-corrected chi connectivity index (χ2v) is 6.86. The topological polar surface area (TPSA) is 58.6 Å². The SMILES string of the molecule is CC(C)(C)OC(=O)NCC(=O)N1CCCCC1c1ccccc1. The zero-order chi connectivity index (χ0) is 16.9. The lowest BCUT2D eigenvalue weighted by atomic mass is 9.95. The van der Waals surface area contributed by atoms with Crippen LogP contribution in [-0.4, -0.2) is 35.6 Å². The predicted octanol–water partition coefficient (Wildman–Crippen LogP) is 3.26. The van der Waals surface area contributed by atoms with Gasteiger partial charge in [0, 0.05) is 6.54 Å². The number of nitrogens with zero attached hydrogens (tertiary/aromatic N) is 1. The van der Waals surface area contributed by atoms with E-state index in [2.05, 4.69) is 17.4 Å². The molecule has 1 aliphatic heterocycles. The van der Waals surface area contributed by atoms with Crippen LogP contribution in [0.4, 0.5) is 4.79 Å². The molecule has 23 heavy (non-hydrogen) atoms. The molecule has 1 saturated heterocycles. The summed E-state index contributed by atoms with van der Waals surface area (Å²) in [6.45, 7) is 6.09. The number of rotatable bonds is 3. The van der Waals surface area contributed by atoms with Gasteiger partial charge in [-0.1, -0.05) is 30.3 Å². The minimum Gasteiger partial charge on any atom is -0.444 e. The summed E-state index contributed by atoms with van der Waals surface area (Å²) in [5, 5.41) is 2.56. The highest BCUT2D eigenvalue weighted by Crippen LogP contribution is 2.30. The maximum absolute atomic E-state index is 12.5. The van der Waals surface area contributed by atoms with Crippen LogP contribution in [0.25, 0.3) is 0 Å². The number of hydrogen-bond acceptors (Lipinski definition) is 3. The summed E-state index contributed by atoms with van der Waals surface area (Å²) in [5.41, 5.74) is 0.586. The summed E-state index contributed by atoms with van der Waals surface area (Å²) < 4.78 is 5.17. The minimum absolute atomic E-state index is 0.0295. The van der Waals surface area contributed by atoms with Gasteiger partial charge in [0.25, 0.3) is 0 Å². The Morgan fingerprint density at radius 3 is 2.57 bits per heavy atom. The number of amides is 2. The van der Waals surface area contributed by atoms with Crippen LogP contribution in [0.3, 0.4) is 0 Å². The summed E-state index contributed by atoms with van der Waals surface area (Å²) >= 11 is 0. The summed E-state index contributed by atoms with van der Waals surface area (Å²) in [7, 11) is 0. The lowest BCUT2D eigenvalue weighted by Crippen LogP contribution is -2.45. The van der Waals surface area contributed by atoms with E-state index in [0.717, 1.165) is 31.4 Å². The second-order valence-electron chi connectivity index (χ2n) is 6.86. The molecule has 1 aromatic rings. The Bertz CT molecular complexity index is 537. The van der Waals surface area contributed by atoms with Crippen molar-refractivity contribution in [1.82, 2.24) is 10.2 Å². The first kappa shape index (κ1) is 17.3. The Balaban J connectivity index is 1.95. The van der Waals surface area contributed by atoms with Crippen molar-refractivity contribution in [3.8, 4) is 0 Å². The van der Waals surface area contributed by atoms with Gasteiger partial charge in [-0.15, -0.1) is 0 Å². The van der Waals surface area contributed by atoms with E-state index in [1.54, 1.807) is 20.8 Å². The predicted molar refractivity (Wildman–Crippen MR) is 89.0 cm³/mol. The standard InChI is InChI=1S/C18H26N2O3/c1-18(2,3)23-17(22)19-13-16(21)20-12-8-7-11-15(20)14-9-5-4-6-10-14/h4-6,9-10,15H,7-8,11-13H2,1-3H3,(H,19,22). The van der Waals surface area contributed by atoms with Crippen LogP contribution in [0.2, 0.25) is 0 Å². The number of benzene rings is 1. The number of carbonyl (C=O) groups excluding carboxylic acids is 2. The van der Waals surface area contributed by atoms with E-state index in [0.29, 0.717) is 0 Å². The van der Waals surface area contributed by atoms with Gasteiger partial charge in [0.2, 0.25) is 5.91 Å². The molecule has 1 N–H and O–H groups in total. The molecule has 1 heterocycles. The van der Waals surface area contributed by atoms with E-state index in [-0.39, 0.29) is 18.5 Å². The van der Waals surface area contributed by atoms with Crippen molar-refractivity contribution in [2.24, 2.45) is 0 Å². The molecule has 1 unspecified atom stereocenters. The molecule has 0 saturated carbocycles. The number of hydrogen-bond donors (Lipinski definition) is 1. The highest BCUT2D eigenvalue weighted by molar-refractivity contribution is 5.82. The summed E-state index contributed by atoms with van der Waals surface area (Å²) in [4.78, 5) is 26.1. The molecule has 0 aromatic heterocycles. The zero-order valence-corrected chi connectivity index (χ0v) is 14.2. The number of ether oxygens (including phenoxy) is 1. The van der Waals surface area contributed by atoms with Gasteiger partial charge in [-0.05, 0) is 45.6 Å². The first-order chi connectivity index (χ1) is 10.9. The van der Waals surface area contributed by atoms with E-state index in [1.807, 2.05) is 23.1 Å². The molecule has 5 heteroatoms. The van der Waals surface area contributed by atoms with Gasteiger partial charge in [0.05, 0.1) is 6.04 Å². The molecule has 0 radical (unpaired) electrons. The highest BCUT2D eigenvalue weighted by Gasteiger charge is 2.28.